The Morgan fingerprint density at radius 2 is 0.434 bits per heavy atom. The normalized spacial score (nSPS) is 11.8. The summed E-state index contributed by atoms with van der Waals surface area (Å²) in [5, 5.41) is 0.685. The molecule has 0 fully saturated rings. The van der Waals surface area contributed by atoms with Gasteiger partial charge in [0.05, 0.1) is 175 Å². The average molecular weight is 2120 g/mol. The number of quaternary nitrogens is 7. The third kappa shape index (κ3) is 86.2. The van der Waals surface area contributed by atoms with Crippen LogP contribution in [0, 0.1) is 0 Å². The van der Waals surface area contributed by atoms with Crippen LogP contribution in [0.4, 0.5) is 0 Å². The fourth-order valence-electron chi connectivity index (χ4n) is 14.5. The number of ether oxygens (including phenoxy) is 8. The molecule has 0 amide bonds. The molecule has 0 spiro atoms. The second-order valence-electron chi connectivity index (χ2n) is 37.0. The van der Waals surface area contributed by atoms with Crippen molar-refractivity contribution in [3.8, 4) is 0 Å². The number of benzene rings is 5. The lowest BCUT2D eigenvalue weighted by Gasteiger charge is -2.37. The van der Waals surface area contributed by atoms with Crippen LogP contribution in [-0.4, -0.2) is 363 Å². The van der Waals surface area contributed by atoms with Crippen molar-refractivity contribution in [3.63, 3.8) is 0 Å². The van der Waals surface area contributed by atoms with E-state index in [0.717, 1.165) is 149 Å². The van der Waals surface area contributed by atoms with Gasteiger partial charge in [-0.1, -0.05) is 192 Å². The molecule has 5 aromatic rings. The fraction of sp³-hybridized carbons (Fsp3) is 0.632. The monoisotopic (exact) mass is 2120 g/mol. The number of methoxy groups -OCH3 is 1. The molecule has 4 atom stereocenters. The van der Waals surface area contributed by atoms with Crippen LogP contribution in [-0.2, 0) is 71.5 Å². The second-order valence-corrected chi connectivity index (χ2v) is 40.9. The van der Waals surface area contributed by atoms with Gasteiger partial charge in [0.15, 0.2) is 20.5 Å². The third-order valence-electron chi connectivity index (χ3n) is 23.7. The van der Waals surface area contributed by atoms with E-state index < -0.39 is 0 Å². The van der Waals surface area contributed by atoms with Crippen LogP contribution < -0.4 is 0 Å². The molecule has 145 heavy (non-hydrogen) atoms. The van der Waals surface area contributed by atoms with Crippen molar-refractivity contribution in [3.05, 3.63) is 179 Å². The van der Waals surface area contributed by atoms with Gasteiger partial charge in [0.25, 0.3) is 0 Å². The minimum atomic E-state index is -0.246. The fourth-order valence-corrected chi connectivity index (χ4v) is 14.5. The van der Waals surface area contributed by atoms with Crippen molar-refractivity contribution in [1.29, 1.82) is 0 Å². The molecule has 31 heteroatoms. The van der Waals surface area contributed by atoms with Crippen LogP contribution in [0.2, 0.25) is 0 Å². The number of nitrogens with zero attached hydrogens (tertiary/aromatic N) is 7. The Bertz CT molecular complexity index is 3930. The highest BCUT2D eigenvalue weighted by molar-refractivity contribution is 8.13. The zero-order valence-corrected chi connectivity index (χ0v) is 100. The Labute approximate surface area is 897 Å². The van der Waals surface area contributed by atoms with Crippen molar-refractivity contribution in [1.82, 2.24) is 0 Å². The van der Waals surface area contributed by atoms with Crippen molar-refractivity contribution < 1.29 is 127 Å². The van der Waals surface area contributed by atoms with Gasteiger partial charge in [-0.3, -0.25) is 33.6 Å². The minimum Gasteiger partial charge on any atom is -0.469 e. The molecule has 0 aliphatic rings. The standard InChI is InChI=1S/2C18H30NO2.C17H28NO2.C15H24NO2.C12H18NO2.C11H24NO2.C8H18NO2.C3H6O2.4C3H6OS/c2*1-4-7-14-19(6-3,13-5-2)15-16-21-18(20)17-11-9-8-10-12-17;1-4-12-18(6-3,13-5-2)14-15-20-17(19)16-10-8-7-9-11-16;1-4-16(5-2,6-3)12-13-18-15(17)14-10-8-7-9-11-14;1-13(2,3)9-10-15-12(14)11-7-5-4-6-8-11;1-6-12(7-2,8-3)9-10(4)14-11(5)13;1-7(11-8(2)10)6-9(3,4)5;5*1-3(4)5-2/h2*8-12H,4-7,13-16H2,1-3H3;7-11H,4-6,12-15H2,1-3H3;7-11H,4-6,12-13H2,1-3H3;4-8H,9-10H2,1-3H3;10H,6-9H2,1-5H3;7H,6H2,1-5H3;5*1-2H3/q7*+1;;;;;. The topological polar surface area (TPSA) is 279 Å². The van der Waals surface area contributed by atoms with Crippen molar-refractivity contribution >= 4 is 115 Å². The summed E-state index contributed by atoms with van der Waals surface area (Å²) in [5.41, 5.74) is 3.14. The van der Waals surface area contributed by atoms with Crippen molar-refractivity contribution in [2.45, 2.75) is 230 Å². The van der Waals surface area contributed by atoms with E-state index in [4.69, 9.17) is 33.2 Å². The van der Waals surface area contributed by atoms with E-state index in [1.807, 2.05) is 105 Å². The largest absolute Gasteiger partial charge is 0.469 e. The summed E-state index contributed by atoms with van der Waals surface area (Å²) < 4.78 is 47.9. The van der Waals surface area contributed by atoms with Crippen LogP contribution in [0.15, 0.2) is 152 Å². The molecule has 5 rings (SSSR count). The lowest BCUT2D eigenvalue weighted by atomic mass is 10.2. The molecule has 5 aromatic carbocycles. The summed E-state index contributed by atoms with van der Waals surface area (Å²) >= 11 is 4.96. The maximum atomic E-state index is 12.0. The number of hydrogen-bond acceptors (Lipinski definition) is 24. The van der Waals surface area contributed by atoms with E-state index in [1.165, 1.54) is 152 Å². The van der Waals surface area contributed by atoms with Crippen molar-refractivity contribution in [2.75, 3.05) is 251 Å². The zero-order chi connectivity index (χ0) is 112. The number of esters is 8. The second kappa shape index (κ2) is 93.0. The Morgan fingerprint density at radius 1 is 0.248 bits per heavy atom. The van der Waals surface area contributed by atoms with Gasteiger partial charge >= 0.3 is 47.8 Å². The highest BCUT2D eigenvalue weighted by atomic mass is 32.2. The molecule has 0 N–H and O–H groups in total. The van der Waals surface area contributed by atoms with E-state index >= 15 is 0 Å². The number of carbonyl (C=O) groups excluding carboxylic acids is 12. The quantitative estimate of drug-likeness (QED) is 0.0199. The first-order valence-electron chi connectivity index (χ1n) is 51.9. The van der Waals surface area contributed by atoms with Gasteiger partial charge < -0.3 is 69.3 Å². The van der Waals surface area contributed by atoms with Crippen molar-refractivity contribution in [2.24, 2.45) is 0 Å². The third-order valence-corrected chi connectivity index (χ3v) is 26.0. The number of carbonyl (C=O) groups is 12. The number of unbranched alkanes of at least 4 members (excludes halogenated alkanes) is 2. The number of rotatable bonds is 49. The van der Waals surface area contributed by atoms with E-state index in [2.05, 4.69) is 151 Å². The highest BCUT2D eigenvalue weighted by Gasteiger charge is 2.30. The molecular formula is C114H202N7O20S4+7. The SMILES string of the molecule is CC(=O)OC(C)C[N+](C)(C)C.CCCC[N+](CC)(CCC)CCOC(=O)c1ccccc1.CCCC[N+](CC)(CCC)CCOC(=O)c1ccccc1.CCC[N+](CC)(CCC)CCOC(=O)c1ccccc1.CC[N+](CC)(CC)CC(C)OC(C)=O.CC[N+](CC)(CC)CCOC(=O)c1ccccc1.COC(C)=O.CSC(C)=O.CSC(C)=O.CSC(C)=O.CSC(C)=O.C[N+](C)(C)CCOC(=O)c1ccccc1. The van der Waals surface area contributed by atoms with Crippen LogP contribution in [0.25, 0.3) is 0 Å². The highest BCUT2D eigenvalue weighted by Crippen LogP contribution is 2.18. The Balaban J connectivity index is -0.000000296. The number of thioether (sulfide) groups is 4. The van der Waals surface area contributed by atoms with E-state index in [1.54, 1.807) is 113 Å². The lowest BCUT2D eigenvalue weighted by molar-refractivity contribution is -0.926. The summed E-state index contributed by atoms with van der Waals surface area (Å²) in [5.74, 6) is -1.74. The first-order valence-corrected chi connectivity index (χ1v) is 56.8. The Kier molecular flexibility index (Phi) is 95.9. The van der Waals surface area contributed by atoms with Gasteiger partial charge in [-0.2, -0.15) is 0 Å². The van der Waals surface area contributed by atoms with Crippen LogP contribution >= 0.6 is 47.0 Å². The maximum absolute atomic E-state index is 12.0. The average Bonchev–Trinajstić information content (AvgIpc) is 0.878. The molecule has 0 aliphatic carbocycles. The van der Waals surface area contributed by atoms with Crippen LogP contribution in [0.5, 0.6) is 0 Å². The summed E-state index contributed by atoms with van der Waals surface area (Å²) in [4.78, 5) is 129. The minimum absolute atomic E-state index is 0.00694. The lowest BCUT2D eigenvalue weighted by Crippen LogP contribution is -2.51. The molecule has 0 bridgehead atoms. The van der Waals surface area contributed by atoms with Gasteiger partial charge in [-0.05, 0) is 200 Å². The van der Waals surface area contributed by atoms with E-state index in [0.29, 0.717) is 60.9 Å². The molecule has 0 saturated carbocycles. The first kappa shape index (κ1) is 150. The first-order chi connectivity index (χ1) is 68.3. The predicted octanol–water partition coefficient (Wildman–Crippen LogP) is 21.8. The zero-order valence-electron chi connectivity index (χ0n) is 96.8. The van der Waals surface area contributed by atoms with Crippen LogP contribution in [0.3, 0.4) is 0 Å². The molecule has 27 nitrogen and oxygen atoms in total. The Hall–Kier alpha value is -8.34. The number of likely N-dealkylation sites (N-methyl/N-ethyl adjacent to an activating group) is 7. The molecular weight excluding hydrogens is 1920 g/mol. The summed E-state index contributed by atoms with van der Waals surface area (Å²) in [6, 6.07) is 45.9. The Morgan fingerprint density at radius 3 is 0.593 bits per heavy atom. The molecule has 0 aromatic heterocycles. The number of hydrogen-bond donors (Lipinski definition) is 0. The van der Waals surface area contributed by atoms with Gasteiger partial charge in [-0.25, -0.2) is 24.0 Å². The maximum Gasteiger partial charge on any atom is 0.338 e. The predicted molar refractivity (Wildman–Crippen MR) is 607 cm³/mol. The molecule has 0 aliphatic heterocycles. The van der Waals surface area contributed by atoms with Gasteiger partial charge in [-0.15, -0.1) is 0 Å². The summed E-state index contributed by atoms with van der Waals surface area (Å²) in [6.07, 6.45) is 16.7. The molecule has 830 valence electrons. The van der Waals surface area contributed by atoms with Gasteiger partial charge in [0, 0.05) is 48.5 Å². The summed E-state index contributed by atoms with van der Waals surface area (Å²) in [6.45, 7) is 73.0. The molecule has 0 radical (unpaired) electrons. The van der Waals surface area contributed by atoms with Gasteiger partial charge in [0.1, 0.15) is 91.1 Å². The molecule has 4 unspecified atom stereocenters. The van der Waals surface area contributed by atoms with Gasteiger partial charge in [0.2, 0.25) is 0 Å². The van der Waals surface area contributed by atoms with E-state index in [9.17, 15) is 57.5 Å². The smallest absolute Gasteiger partial charge is 0.338 e. The molecule has 0 saturated heterocycles. The van der Waals surface area contributed by atoms with E-state index in [-0.39, 0.29) is 80.4 Å². The molecule has 0 heterocycles. The van der Waals surface area contributed by atoms with Crippen LogP contribution in [0.1, 0.15) is 269 Å². The summed E-state index contributed by atoms with van der Waals surface area (Å²) in [7, 11) is 13.8.